The lowest BCUT2D eigenvalue weighted by molar-refractivity contribution is 0.141. The molecule has 0 amide bonds. The van der Waals surface area contributed by atoms with Crippen LogP contribution in [0.2, 0.25) is 0 Å². The number of aryl methyl sites for hydroxylation is 1. The van der Waals surface area contributed by atoms with E-state index in [9.17, 15) is 0 Å². The molecule has 0 atom stereocenters. The van der Waals surface area contributed by atoms with Crippen LogP contribution in [0.5, 0.6) is 0 Å². The van der Waals surface area contributed by atoms with E-state index in [0.717, 1.165) is 37.6 Å². The number of benzene rings is 1. The van der Waals surface area contributed by atoms with Crippen molar-refractivity contribution in [2.75, 3.05) is 44.4 Å². The van der Waals surface area contributed by atoms with Crippen molar-refractivity contribution in [1.29, 1.82) is 0 Å². The van der Waals surface area contributed by atoms with Crippen molar-refractivity contribution < 1.29 is 9.47 Å². The van der Waals surface area contributed by atoms with Gasteiger partial charge in [-0.15, -0.1) is 0 Å². The van der Waals surface area contributed by atoms with Gasteiger partial charge in [-0.25, -0.2) is 0 Å². The van der Waals surface area contributed by atoms with Gasteiger partial charge in [0.2, 0.25) is 0 Å². The van der Waals surface area contributed by atoms with E-state index >= 15 is 0 Å². The third-order valence-corrected chi connectivity index (χ3v) is 3.40. The number of nitrogens with zero attached hydrogens (tertiary/aromatic N) is 1. The Balaban J connectivity index is 2.93. The van der Waals surface area contributed by atoms with Gasteiger partial charge in [0.25, 0.3) is 0 Å². The molecule has 0 bridgehead atoms. The number of anilines is 1. The van der Waals surface area contributed by atoms with Gasteiger partial charge >= 0.3 is 0 Å². The SMILES string of the molecule is CCOCCN(CCOCC)c1cc(C)ccc1C(N)=S. The Labute approximate surface area is 133 Å². The smallest absolute Gasteiger partial charge is 0.106 e. The van der Waals surface area contributed by atoms with Crippen molar-refractivity contribution in [3.8, 4) is 0 Å². The zero-order chi connectivity index (χ0) is 15.7. The number of hydrogen-bond donors (Lipinski definition) is 1. The van der Waals surface area contributed by atoms with Crippen LogP contribution in [0.15, 0.2) is 18.2 Å². The molecule has 0 saturated heterocycles. The molecule has 0 aliphatic carbocycles. The molecule has 0 saturated carbocycles. The molecule has 0 heterocycles. The van der Waals surface area contributed by atoms with Gasteiger partial charge in [-0.2, -0.15) is 0 Å². The summed E-state index contributed by atoms with van der Waals surface area (Å²) in [7, 11) is 0. The first kappa shape index (κ1) is 17.9. The molecule has 1 rings (SSSR count). The number of ether oxygens (including phenoxy) is 2. The first-order chi connectivity index (χ1) is 10.1. The van der Waals surface area contributed by atoms with Crippen LogP contribution in [0, 0.1) is 6.92 Å². The van der Waals surface area contributed by atoms with E-state index in [1.807, 2.05) is 26.0 Å². The minimum absolute atomic E-state index is 0.419. The van der Waals surface area contributed by atoms with E-state index in [1.54, 1.807) is 0 Å². The van der Waals surface area contributed by atoms with E-state index in [1.165, 1.54) is 5.56 Å². The second-order valence-corrected chi connectivity index (χ2v) is 5.21. The molecule has 0 fully saturated rings. The third kappa shape index (κ3) is 5.99. The number of hydrogen-bond acceptors (Lipinski definition) is 4. The largest absolute Gasteiger partial charge is 0.389 e. The molecule has 0 aliphatic heterocycles. The molecular weight excluding hydrogens is 284 g/mol. The number of nitrogens with two attached hydrogens (primary N) is 1. The minimum atomic E-state index is 0.419. The topological polar surface area (TPSA) is 47.7 Å². The lowest BCUT2D eigenvalue weighted by Gasteiger charge is -2.27. The van der Waals surface area contributed by atoms with E-state index in [4.69, 9.17) is 27.4 Å². The molecular formula is C16H26N2O2S. The lowest BCUT2D eigenvalue weighted by atomic mass is 10.1. The first-order valence-corrected chi connectivity index (χ1v) is 7.81. The summed E-state index contributed by atoms with van der Waals surface area (Å²) in [5, 5.41) is 0. The molecule has 5 heteroatoms. The Morgan fingerprint density at radius 3 is 2.19 bits per heavy atom. The molecule has 2 N–H and O–H groups in total. The summed E-state index contributed by atoms with van der Waals surface area (Å²) in [6, 6.07) is 6.13. The standard InChI is InChI=1S/C16H26N2O2S/c1-4-19-10-8-18(9-11-20-5-2)15-12-13(3)6-7-14(15)16(17)21/h6-7,12H,4-5,8-11H2,1-3H3,(H2,17,21). The maximum absolute atomic E-state index is 5.85. The minimum Gasteiger partial charge on any atom is -0.389 e. The summed E-state index contributed by atoms with van der Waals surface area (Å²) in [6.45, 7) is 10.4. The van der Waals surface area contributed by atoms with Crippen LogP contribution in [-0.2, 0) is 9.47 Å². The zero-order valence-electron chi connectivity index (χ0n) is 13.2. The van der Waals surface area contributed by atoms with Gasteiger partial charge < -0.3 is 20.1 Å². The average molecular weight is 310 g/mol. The predicted molar refractivity (Wildman–Crippen MR) is 92.3 cm³/mol. The van der Waals surface area contributed by atoms with Crippen LogP contribution < -0.4 is 10.6 Å². The van der Waals surface area contributed by atoms with Crippen LogP contribution in [0.1, 0.15) is 25.0 Å². The quantitative estimate of drug-likeness (QED) is 0.531. The highest BCUT2D eigenvalue weighted by Crippen LogP contribution is 2.22. The van der Waals surface area contributed by atoms with Crippen molar-refractivity contribution in [3.05, 3.63) is 29.3 Å². The Morgan fingerprint density at radius 2 is 1.71 bits per heavy atom. The van der Waals surface area contributed by atoms with Crippen molar-refractivity contribution in [2.24, 2.45) is 5.73 Å². The lowest BCUT2D eigenvalue weighted by Crippen LogP contribution is -2.33. The molecule has 0 radical (unpaired) electrons. The van der Waals surface area contributed by atoms with Crippen molar-refractivity contribution in [2.45, 2.75) is 20.8 Å². The van der Waals surface area contributed by atoms with Gasteiger partial charge in [-0.3, -0.25) is 0 Å². The highest BCUT2D eigenvalue weighted by molar-refractivity contribution is 7.80. The molecule has 0 aromatic heterocycles. The third-order valence-electron chi connectivity index (χ3n) is 3.18. The molecule has 1 aromatic rings. The van der Waals surface area contributed by atoms with E-state index < -0.39 is 0 Å². The maximum atomic E-state index is 5.85. The summed E-state index contributed by atoms with van der Waals surface area (Å²) >= 11 is 5.17. The fourth-order valence-electron chi connectivity index (χ4n) is 2.10. The normalized spacial score (nSPS) is 10.6. The Kier molecular flexibility index (Phi) is 8.27. The molecule has 4 nitrogen and oxygen atoms in total. The van der Waals surface area contributed by atoms with Crippen LogP contribution in [0.4, 0.5) is 5.69 Å². The fraction of sp³-hybridized carbons (Fsp3) is 0.562. The predicted octanol–water partition coefficient (Wildman–Crippen LogP) is 2.51. The first-order valence-electron chi connectivity index (χ1n) is 7.41. The van der Waals surface area contributed by atoms with Gasteiger partial charge in [0.05, 0.1) is 13.2 Å². The Hall–Kier alpha value is -1.17. The fourth-order valence-corrected chi connectivity index (χ4v) is 2.28. The second kappa shape index (κ2) is 9.71. The summed E-state index contributed by atoms with van der Waals surface area (Å²) in [5.74, 6) is 0. The molecule has 0 aliphatic rings. The van der Waals surface area contributed by atoms with Crippen LogP contribution in [-0.4, -0.2) is 44.5 Å². The van der Waals surface area contributed by atoms with E-state index in [0.29, 0.717) is 18.2 Å². The van der Waals surface area contributed by atoms with Gasteiger partial charge in [0.1, 0.15) is 4.99 Å². The summed E-state index contributed by atoms with van der Waals surface area (Å²) in [6.07, 6.45) is 0. The number of thiocarbonyl (C=S) groups is 1. The molecule has 21 heavy (non-hydrogen) atoms. The van der Waals surface area contributed by atoms with Crippen molar-refractivity contribution in [3.63, 3.8) is 0 Å². The monoisotopic (exact) mass is 310 g/mol. The zero-order valence-corrected chi connectivity index (χ0v) is 14.0. The summed E-state index contributed by atoms with van der Waals surface area (Å²) < 4.78 is 11.0. The van der Waals surface area contributed by atoms with Crippen LogP contribution >= 0.6 is 12.2 Å². The van der Waals surface area contributed by atoms with Crippen LogP contribution in [0.25, 0.3) is 0 Å². The molecule has 1 aromatic carbocycles. The molecule has 118 valence electrons. The van der Waals surface area contributed by atoms with Crippen molar-refractivity contribution in [1.82, 2.24) is 0 Å². The molecule has 0 spiro atoms. The van der Waals surface area contributed by atoms with Gasteiger partial charge in [0.15, 0.2) is 0 Å². The van der Waals surface area contributed by atoms with E-state index in [2.05, 4.69) is 17.9 Å². The highest BCUT2D eigenvalue weighted by atomic mass is 32.1. The highest BCUT2D eigenvalue weighted by Gasteiger charge is 2.13. The average Bonchev–Trinajstić information content (AvgIpc) is 2.45. The van der Waals surface area contributed by atoms with Gasteiger partial charge in [-0.05, 0) is 38.5 Å². The second-order valence-electron chi connectivity index (χ2n) is 4.77. The maximum Gasteiger partial charge on any atom is 0.106 e. The Bertz CT molecular complexity index is 442. The van der Waals surface area contributed by atoms with Crippen molar-refractivity contribution >= 4 is 22.9 Å². The van der Waals surface area contributed by atoms with Gasteiger partial charge in [0, 0.05) is 37.6 Å². The van der Waals surface area contributed by atoms with Gasteiger partial charge in [-0.1, -0.05) is 18.3 Å². The summed E-state index contributed by atoms with van der Waals surface area (Å²) in [5.41, 5.74) is 9.00. The molecule has 0 unspecified atom stereocenters. The Morgan fingerprint density at radius 1 is 1.14 bits per heavy atom. The summed E-state index contributed by atoms with van der Waals surface area (Å²) in [4.78, 5) is 2.65. The van der Waals surface area contributed by atoms with E-state index in [-0.39, 0.29) is 0 Å². The van der Waals surface area contributed by atoms with Crippen LogP contribution in [0.3, 0.4) is 0 Å². The number of rotatable bonds is 10.